The van der Waals surface area contributed by atoms with Gasteiger partial charge in [-0.3, -0.25) is 10.1 Å². The van der Waals surface area contributed by atoms with Gasteiger partial charge in [0.25, 0.3) is 5.69 Å². The SMILES string of the molecule is NC(=O)N1CCC[C@@H](NC(=O)Nc2ccc([N+](=O)[O-])cc2Cl)C1. The molecule has 1 aliphatic heterocycles. The first-order valence-electron chi connectivity index (χ1n) is 6.92. The molecule has 4 N–H and O–H groups in total. The van der Waals surface area contributed by atoms with Crippen molar-refractivity contribution >= 4 is 35.0 Å². The third kappa shape index (κ3) is 4.46. The van der Waals surface area contributed by atoms with E-state index < -0.39 is 17.0 Å². The van der Waals surface area contributed by atoms with Crippen molar-refractivity contribution in [2.75, 3.05) is 18.4 Å². The molecule has 0 saturated carbocycles. The van der Waals surface area contributed by atoms with E-state index in [1.807, 2.05) is 0 Å². The van der Waals surface area contributed by atoms with Crippen LogP contribution in [0.15, 0.2) is 18.2 Å². The summed E-state index contributed by atoms with van der Waals surface area (Å²) in [6, 6.07) is 2.53. The van der Waals surface area contributed by atoms with Crippen molar-refractivity contribution in [3.8, 4) is 0 Å². The van der Waals surface area contributed by atoms with E-state index in [9.17, 15) is 19.7 Å². The maximum Gasteiger partial charge on any atom is 0.319 e. The van der Waals surface area contributed by atoms with Gasteiger partial charge in [0.2, 0.25) is 0 Å². The Labute approximate surface area is 136 Å². The van der Waals surface area contributed by atoms with E-state index in [4.69, 9.17) is 17.3 Å². The highest BCUT2D eigenvalue weighted by molar-refractivity contribution is 6.33. The molecule has 10 heteroatoms. The zero-order valence-corrected chi connectivity index (χ0v) is 12.9. The molecule has 2 rings (SSSR count). The van der Waals surface area contributed by atoms with Gasteiger partial charge in [0.05, 0.1) is 15.6 Å². The summed E-state index contributed by atoms with van der Waals surface area (Å²) in [5.74, 6) is 0. The standard InChI is InChI=1S/C13H16ClN5O4/c14-10-6-9(19(22)23)3-4-11(10)17-13(21)16-8-2-1-5-18(7-8)12(15)20/h3-4,6,8H,1-2,5,7H2,(H2,15,20)(H2,16,17,21)/t8-/m1/s1. The minimum Gasteiger partial charge on any atom is -0.351 e. The Bertz CT molecular complexity index is 639. The fourth-order valence-corrected chi connectivity index (χ4v) is 2.58. The molecular weight excluding hydrogens is 326 g/mol. The number of non-ortho nitro benzene ring substituents is 1. The summed E-state index contributed by atoms with van der Waals surface area (Å²) in [5, 5.41) is 16.0. The average molecular weight is 342 g/mol. The zero-order valence-electron chi connectivity index (χ0n) is 12.1. The van der Waals surface area contributed by atoms with E-state index in [0.717, 1.165) is 18.9 Å². The van der Waals surface area contributed by atoms with Gasteiger partial charge in [0.15, 0.2) is 0 Å². The second kappa shape index (κ2) is 7.14. The highest BCUT2D eigenvalue weighted by Crippen LogP contribution is 2.26. The molecule has 1 aliphatic rings. The monoisotopic (exact) mass is 341 g/mol. The first kappa shape index (κ1) is 16.8. The number of nitrogens with two attached hydrogens (primary N) is 1. The van der Waals surface area contributed by atoms with Gasteiger partial charge in [-0.2, -0.15) is 0 Å². The first-order chi connectivity index (χ1) is 10.9. The number of hydrogen-bond donors (Lipinski definition) is 3. The van der Waals surface area contributed by atoms with Crippen LogP contribution in [-0.4, -0.2) is 41.0 Å². The topological polar surface area (TPSA) is 131 Å². The zero-order chi connectivity index (χ0) is 17.0. The molecule has 0 aliphatic carbocycles. The number of likely N-dealkylation sites (tertiary alicyclic amines) is 1. The molecule has 1 saturated heterocycles. The van der Waals surface area contributed by atoms with Crippen molar-refractivity contribution in [3.05, 3.63) is 33.3 Å². The van der Waals surface area contributed by atoms with Gasteiger partial charge in [-0.25, -0.2) is 9.59 Å². The lowest BCUT2D eigenvalue weighted by Gasteiger charge is -2.31. The van der Waals surface area contributed by atoms with Crippen molar-refractivity contribution in [2.24, 2.45) is 5.73 Å². The Morgan fingerprint density at radius 3 is 2.78 bits per heavy atom. The van der Waals surface area contributed by atoms with Crippen LogP contribution in [0.2, 0.25) is 5.02 Å². The molecule has 0 radical (unpaired) electrons. The van der Waals surface area contributed by atoms with Crippen LogP contribution in [0.5, 0.6) is 0 Å². The Balaban J connectivity index is 1.94. The highest BCUT2D eigenvalue weighted by Gasteiger charge is 2.23. The molecule has 1 aromatic carbocycles. The van der Waals surface area contributed by atoms with Crippen LogP contribution >= 0.6 is 11.6 Å². The van der Waals surface area contributed by atoms with E-state index in [-0.39, 0.29) is 22.4 Å². The number of carbonyl (C=O) groups excluding carboxylic acids is 2. The highest BCUT2D eigenvalue weighted by atomic mass is 35.5. The fraction of sp³-hybridized carbons (Fsp3) is 0.385. The van der Waals surface area contributed by atoms with Crippen LogP contribution in [0.25, 0.3) is 0 Å². The number of urea groups is 2. The minimum atomic E-state index is -0.573. The third-order valence-corrected chi connectivity index (χ3v) is 3.79. The van der Waals surface area contributed by atoms with Crippen molar-refractivity contribution in [1.82, 2.24) is 10.2 Å². The Kier molecular flexibility index (Phi) is 5.22. The van der Waals surface area contributed by atoms with Gasteiger partial charge in [-0.15, -0.1) is 0 Å². The average Bonchev–Trinajstić information content (AvgIpc) is 2.49. The number of rotatable bonds is 3. The van der Waals surface area contributed by atoms with Gasteiger partial charge in [-0.05, 0) is 18.9 Å². The summed E-state index contributed by atoms with van der Waals surface area (Å²) in [7, 11) is 0. The van der Waals surface area contributed by atoms with Crippen LogP contribution < -0.4 is 16.4 Å². The number of nitro benzene ring substituents is 1. The lowest BCUT2D eigenvalue weighted by Crippen LogP contribution is -2.51. The quantitative estimate of drug-likeness (QED) is 0.572. The summed E-state index contributed by atoms with van der Waals surface area (Å²) in [5.41, 5.74) is 5.33. The van der Waals surface area contributed by atoms with Gasteiger partial charge < -0.3 is 21.3 Å². The molecule has 0 unspecified atom stereocenters. The number of nitrogens with zero attached hydrogens (tertiary/aromatic N) is 2. The van der Waals surface area contributed by atoms with Crippen molar-refractivity contribution in [3.63, 3.8) is 0 Å². The third-order valence-electron chi connectivity index (χ3n) is 3.48. The maximum atomic E-state index is 12.0. The molecule has 0 bridgehead atoms. The number of amides is 4. The van der Waals surface area contributed by atoms with Crippen LogP contribution in [-0.2, 0) is 0 Å². The summed E-state index contributed by atoms with van der Waals surface area (Å²) >= 11 is 5.91. The number of benzene rings is 1. The molecule has 9 nitrogen and oxygen atoms in total. The second-order valence-electron chi connectivity index (χ2n) is 5.14. The van der Waals surface area contributed by atoms with E-state index in [1.165, 1.54) is 17.0 Å². The Morgan fingerprint density at radius 2 is 2.17 bits per heavy atom. The number of nitrogens with one attached hydrogen (secondary N) is 2. The normalized spacial score (nSPS) is 17.4. The molecule has 1 fully saturated rings. The lowest BCUT2D eigenvalue weighted by molar-refractivity contribution is -0.384. The Morgan fingerprint density at radius 1 is 1.43 bits per heavy atom. The summed E-state index contributed by atoms with van der Waals surface area (Å²) < 4.78 is 0. The van der Waals surface area contributed by atoms with Crippen LogP contribution in [0, 0.1) is 10.1 Å². The molecular formula is C13H16ClN5O4. The predicted octanol–water partition coefficient (Wildman–Crippen LogP) is 1.91. The Hall–Kier alpha value is -2.55. The summed E-state index contributed by atoms with van der Waals surface area (Å²) in [4.78, 5) is 34.7. The summed E-state index contributed by atoms with van der Waals surface area (Å²) in [6.45, 7) is 0.917. The number of nitro groups is 1. The van der Waals surface area contributed by atoms with Gasteiger partial charge in [0.1, 0.15) is 0 Å². The summed E-state index contributed by atoms with van der Waals surface area (Å²) in [6.07, 6.45) is 1.47. The maximum absolute atomic E-state index is 12.0. The number of hydrogen-bond acceptors (Lipinski definition) is 4. The number of piperidine rings is 1. The van der Waals surface area contributed by atoms with E-state index in [2.05, 4.69) is 10.6 Å². The van der Waals surface area contributed by atoms with Gasteiger partial charge >= 0.3 is 12.1 Å². The molecule has 1 atom stereocenters. The minimum absolute atomic E-state index is 0.0664. The smallest absolute Gasteiger partial charge is 0.319 e. The van der Waals surface area contributed by atoms with Crippen molar-refractivity contribution in [1.29, 1.82) is 0 Å². The molecule has 1 aromatic rings. The van der Waals surface area contributed by atoms with Crippen molar-refractivity contribution in [2.45, 2.75) is 18.9 Å². The van der Waals surface area contributed by atoms with Crippen molar-refractivity contribution < 1.29 is 14.5 Å². The molecule has 0 aromatic heterocycles. The number of carbonyl (C=O) groups is 2. The molecule has 1 heterocycles. The molecule has 124 valence electrons. The van der Waals surface area contributed by atoms with E-state index in [0.29, 0.717) is 13.1 Å². The van der Waals surface area contributed by atoms with E-state index >= 15 is 0 Å². The lowest BCUT2D eigenvalue weighted by atomic mass is 10.1. The van der Waals surface area contributed by atoms with Crippen LogP contribution in [0.1, 0.15) is 12.8 Å². The molecule has 4 amide bonds. The van der Waals surface area contributed by atoms with E-state index in [1.54, 1.807) is 0 Å². The molecule has 23 heavy (non-hydrogen) atoms. The largest absolute Gasteiger partial charge is 0.351 e. The number of halogens is 1. The number of anilines is 1. The van der Waals surface area contributed by atoms with Gasteiger partial charge in [0, 0.05) is 31.3 Å². The second-order valence-corrected chi connectivity index (χ2v) is 5.55. The predicted molar refractivity (Wildman–Crippen MR) is 84.4 cm³/mol. The fourth-order valence-electron chi connectivity index (χ4n) is 2.36. The number of primary amides is 1. The van der Waals surface area contributed by atoms with Crippen LogP contribution in [0.4, 0.5) is 21.0 Å². The first-order valence-corrected chi connectivity index (χ1v) is 7.30. The molecule has 0 spiro atoms. The van der Waals surface area contributed by atoms with Crippen LogP contribution in [0.3, 0.4) is 0 Å². The van der Waals surface area contributed by atoms with Gasteiger partial charge in [-0.1, -0.05) is 11.6 Å².